The molecule has 0 aromatic carbocycles. The van der Waals surface area contributed by atoms with Crippen molar-refractivity contribution in [3.63, 3.8) is 0 Å². The molecule has 1 aromatic heterocycles. The van der Waals surface area contributed by atoms with Gasteiger partial charge >= 0.3 is 5.97 Å². The zero-order valence-electron chi connectivity index (χ0n) is 11.7. The van der Waals surface area contributed by atoms with Crippen molar-refractivity contribution < 1.29 is 9.53 Å². The Morgan fingerprint density at radius 2 is 2.30 bits per heavy atom. The lowest BCUT2D eigenvalue weighted by atomic mass is 9.97. The maximum Gasteiger partial charge on any atom is 0.309 e. The summed E-state index contributed by atoms with van der Waals surface area (Å²) >= 11 is 0. The number of likely N-dealkylation sites (tertiary alicyclic amines) is 1. The Balaban J connectivity index is 1.79. The maximum absolute atomic E-state index is 11.6. The van der Waals surface area contributed by atoms with Crippen molar-refractivity contribution in [3.8, 4) is 6.07 Å². The minimum absolute atomic E-state index is 0.0282. The van der Waals surface area contributed by atoms with Crippen molar-refractivity contribution in [2.24, 2.45) is 5.92 Å². The quantitative estimate of drug-likeness (QED) is 0.732. The van der Waals surface area contributed by atoms with Crippen LogP contribution in [-0.4, -0.2) is 45.6 Å². The molecule has 1 aliphatic rings. The van der Waals surface area contributed by atoms with Crippen LogP contribution in [0.15, 0.2) is 6.20 Å². The fraction of sp³-hybridized carbons (Fsp3) is 0.692. The van der Waals surface area contributed by atoms with Gasteiger partial charge in [0.2, 0.25) is 0 Å². The van der Waals surface area contributed by atoms with Crippen LogP contribution in [0.2, 0.25) is 0 Å². The summed E-state index contributed by atoms with van der Waals surface area (Å²) in [5, 5.41) is 16.5. The highest BCUT2D eigenvalue weighted by molar-refractivity contribution is 5.72. The van der Waals surface area contributed by atoms with Crippen molar-refractivity contribution >= 4 is 5.97 Å². The Morgan fingerprint density at radius 1 is 1.55 bits per heavy atom. The largest absolute Gasteiger partial charge is 0.466 e. The number of piperidine rings is 1. The summed E-state index contributed by atoms with van der Waals surface area (Å²) < 4.78 is 6.58. The van der Waals surface area contributed by atoms with E-state index in [4.69, 9.17) is 10.00 Å². The van der Waals surface area contributed by atoms with Crippen molar-refractivity contribution in [2.45, 2.75) is 32.9 Å². The Hall–Kier alpha value is -1.94. The van der Waals surface area contributed by atoms with Crippen LogP contribution in [-0.2, 0) is 22.6 Å². The second kappa shape index (κ2) is 7.01. The minimum atomic E-state index is -0.0767. The first-order valence-electron chi connectivity index (χ1n) is 6.88. The van der Waals surface area contributed by atoms with Gasteiger partial charge in [-0.1, -0.05) is 5.21 Å². The van der Waals surface area contributed by atoms with Crippen LogP contribution in [0.3, 0.4) is 0 Å². The second-order valence-corrected chi connectivity index (χ2v) is 4.87. The van der Waals surface area contributed by atoms with E-state index in [-0.39, 0.29) is 18.4 Å². The van der Waals surface area contributed by atoms with Crippen LogP contribution in [0.1, 0.15) is 25.5 Å². The SMILES string of the molecule is CCOC(=O)C1CCN(Cc2cn(CC#N)nn2)CC1. The number of ether oxygens (including phenoxy) is 1. The van der Waals surface area contributed by atoms with E-state index in [2.05, 4.69) is 15.2 Å². The van der Waals surface area contributed by atoms with E-state index in [0.29, 0.717) is 13.2 Å². The summed E-state index contributed by atoms with van der Waals surface area (Å²) in [6.07, 6.45) is 3.44. The number of rotatable bonds is 5. The van der Waals surface area contributed by atoms with Gasteiger partial charge in [0.15, 0.2) is 0 Å². The lowest BCUT2D eigenvalue weighted by Crippen LogP contribution is -2.36. The first kappa shape index (κ1) is 14.5. The molecular formula is C13H19N5O2. The van der Waals surface area contributed by atoms with Crippen molar-refractivity contribution in [1.29, 1.82) is 5.26 Å². The molecule has 0 aliphatic carbocycles. The number of hydrogen-bond donors (Lipinski definition) is 0. The third-order valence-electron chi connectivity index (χ3n) is 3.41. The van der Waals surface area contributed by atoms with E-state index >= 15 is 0 Å². The lowest BCUT2D eigenvalue weighted by molar-refractivity contribution is -0.149. The summed E-state index contributed by atoms with van der Waals surface area (Å²) in [4.78, 5) is 13.9. The summed E-state index contributed by atoms with van der Waals surface area (Å²) in [6, 6.07) is 2.03. The van der Waals surface area contributed by atoms with Crippen LogP contribution in [0, 0.1) is 17.2 Å². The van der Waals surface area contributed by atoms with Gasteiger partial charge in [-0.2, -0.15) is 5.26 Å². The summed E-state index contributed by atoms with van der Waals surface area (Å²) in [7, 11) is 0. The number of esters is 1. The molecule has 2 heterocycles. The van der Waals surface area contributed by atoms with Crippen molar-refractivity contribution in [3.05, 3.63) is 11.9 Å². The average molecular weight is 277 g/mol. The number of aromatic nitrogens is 3. The molecule has 108 valence electrons. The zero-order valence-corrected chi connectivity index (χ0v) is 11.7. The van der Waals surface area contributed by atoms with Crippen molar-refractivity contribution in [2.75, 3.05) is 19.7 Å². The van der Waals surface area contributed by atoms with Crippen molar-refractivity contribution in [1.82, 2.24) is 19.9 Å². The van der Waals surface area contributed by atoms with Gasteiger partial charge in [-0.3, -0.25) is 9.69 Å². The van der Waals surface area contributed by atoms with Gasteiger partial charge in [-0.25, -0.2) is 4.68 Å². The van der Waals surface area contributed by atoms with Gasteiger partial charge < -0.3 is 4.74 Å². The molecule has 1 aromatic rings. The van der Waals surface area contributed by atoms with Crippen LogP contribution >= 0.6 is 0 Å². The zero-order chi connectivity index (χ0) is 14.4. The minimum Gasteiger partial charge on any atom is -0.466 e. The highest BCUT2D eigenvalue weighted by Crippen LogP contribution is 2.19. The predicted molar refractivity (Wildman–Crippen MR) is 70.3 cm³/mol. The molecule has 0 atom stereocenters. The van der Waals surface area contributed by atoms with Crippen LogP contribution in [0.4, 0.5) is 0 Å². The third kappa shape index (κ3) is 3.78. The maximum atomic E-state index is 11.6. The first-order valence-corrected chi connectivity index (χ1v) is 6.88. The predicted octanol–water partition coefficient (Wildman–Crippen LogP) is 0.577. The second-order valence-electron chi connectivity index (χ2n) is 4.87. The van der Waals surface area contributed by atoms with E-state index in [1.807, 2.05) is 13.0 Å². The first-order chi connectivity index (χ1) is 9.72. The van der Waals surface area contributed by atoms with Gasteiger partial charge in [0, 0.05) is 6.54 Å². The molecule has 0 amide bonds. The monoisotopic (exact) mass is 277 g/mol. The Labute approximate surface area is 118 Å². The molecule has 2 rings (SSSR count). The van der Waals surface area contributed by atoms with Gasteiger partial charge in [-0.15, -0.1) is 5.10 Å². The molecule has 20 heavy (non-hydrogen) atoms. The van der Waals surface area contributed by atoms with Crippen LogP contribution in [0.25, 0.3) is 0 Å². The number of hydrogen-bond acceptors (Lipinski definition) is 6. The van der Waals surface area contributed by atoms with E-state index in [1.54, 1.807) is 6.20 Å². The molecular weight excluding hydrogens is 258 g/mol. The molecule has 1 saturated heterocycles. The molecule has 0 saturated carbocycles. The number of nitrogens with zero attached hydrogens (tertiary/aromatic N) is 5. The standard InChI is InChI=1S/C13H19N5O2/c1-2-20-13(19)11-3-6-17(7-4-11)9-12-10-18(8-5-14)16-15-12/h10-11H,2-4,6-9H2,1H3. The number of carbonyl (C=O) groups excluding carboxylic acids is 1. The fourth-order valence-electron chi connectivity index (χ4n) is 2.38. The number of carbonyl (C=O) groups is 1. The van der Waals surface area contributed by atoms with E-state index < -0.39 is 0 Å². The smallest absolute Gasteiger partial charge is 0.309 e. The average Bonchev–Trinajstić information content (AvgIpc) is 2.88. The Kier molecular flexibility index (Phi) is 5.07. The molecule has 0 unspecified atom stereocenters. The van der Waals surface area contributed by atoms with Gasteiger partial charge in [0.05, 0.1) is 30.5 Å². The fourth-order valence-corrected chi connectivity index (χ4v) is 2.38. The molecule has 0 radical (unpaired) electrons. The van der Waals surface area contributed by atoms with E-state index in [9.17, 15) is 4.79 Å². The lowest BCUT2D eigenvalue weighted by Gasteiger charge is -2.29. The molecule has 1 aliphatic heterocycles. The Morgan fingerprint density at radius 3 is 2.95 bits per heavy atom. The molecule has 0 bridgehead atoms. The summed E-state index contributed by atoms with van der Waals surface area (Å²) in [6.45, 7) is 4.92. The molecule has 0 N–H and O–H groups in total. The third-order valence-corrected chi connectivity index (χ3v) is 3.41. The van der Waals surface area contributed by atoms with Gasteiger partial charge in [0.25, 0.3) is 0 Å². The van der Waals surface area contributed by atoms with Gasteiger partial charge in [0.1, 0.15) is 6.54 Å². The van der Waals surface area contributed by atoms with E-state index in [0.717, 1.165) is 31.6 Å². The Bertz CT molecular complexity index is 485. The van der Waals surface area contributed by atoms with Gasteiger partial charge in [-0.05, 0) is 32.9 Å². The molecule has 1 fully saturated rings. The normalized spacial score (nSPS) is 16.8. The molecule has 0 spiro atoms. The van der Waals surface area contributed by atoms with Crippen LogP contribution in [0.5, 0.6) is 0 Å². The number of nitriles is 1. The highest BCUT2D eigenvalue weighted by atomic mass is 16.5. The summed E-state index contributed by atoms with van der Waals surface area (Å²) in [5.41, 5.74) is 0.856. The van der Waals surface area contributed by atoms with Crippen LogP contribution < -0.4 is 0 Å². The highest BCUT2D eigenvalue weighted by Gasteiger charge is 2.26. The molecule has 7 nitrogen and oxygen atoms in total. The molecule has 7 heteroatoms. The topological polar surface area (TPSA) is 84.0 Å². The summed E-state index contributed by atoms with van der Waals surface area (Å²) in [5.74, 6) is -0.0485. The van der Waals surface area contributed by atoms with E-state index in [1.165, 1.54) is 4.68 Å².